The zero-order valence-electron chi connectivity index (χ0n) is 11.9. The van der Waals surface area contributed by atoms with Crippen molar-refractivity contribution in [2.24, 2.45) is 0 Å². The smallest absolute Gasteiger partial charge is 0.232 e. The molecule has 0 spiro atoms. The van der Waals surface area contributed by atoms with Crippen LogP contribution in [-0.4, -0.2) is 30.8 Å². The van der Waals surface area contributed by atoms with Crippen molar-refractivity contribution in [1.29, 1.82) is 0 Å². The first-order valence-corrected chi connectivity index (χ1v) is 7.14. The van der Waals surface area contributed by atoms with Crippen molar-refractivity contribution in [3.05, 3.63) is 22.8 Å². The highest BCUT2D eigenvalue weighted by molar-refractivity contribution is 6.31. The van der Waals surface area contributed by atoms with E-state index in [4.69, 9.17) is 21.1 Å². The molecule has 0 bridgehead atoms. The summed E-state index contributed by atoms with van der Waals surface area (Å²) >= 11 is 6.16. The molecule has 19 heavy (non-hydrogen) atoms. The zero-order valence-corrected chi connectivity index (χ0v) is 12.7. The van der Waals surface area contributed by atoms with Gasteiger partial charge in [0.25, 0.3) is 0 Å². The molecule has 1 aromatic heterocycles. The molecule has 5 heteroatoms. The maximum atomic E-state index is 6.16. The number of ether oxygens (including phenoxy) is 2. The Morgan fingerprint density at radius 3 is 2.84 bits per heavy atom. The average Bonchev–Trinajstić information content (AvgIpc) is 2.40. The zero-order chi connectivity index (χ0) is 14.1. The van der Waals surface area contributed by atoms with E-state index in [0.29, 0.717) is 24.1 Å². The van der Waals surface area contributed by atoms with Crippen LogP contribution in [0.3, 0.4) is 0 Å². The first-order valence-electron chi connectivity index (χ1n) is 6.76. The highest BCUT2D eigenvalue weighted by Gasteiger charge is 2.09. The molecule has 0 aliphatic rings. The van der Waals surface area contributed by atoms with Gasteiger partial charge in [-0.15, -0.1) is 0 Å². The summed E-state index contributed by atoms with van der Waals surface area (Å²) in [4.78, 5) is 4.26. The van der Waals surface area contributed by atoms with Gasteiger partial charge < -0.3 is 14.8 Å². The SMILES string of the molecule is CCCNCc1cnc(OC(C)COCC)c(Cl)c1. The Balaban J connectivity index is 2.51. The maximum absolute atomic E-state index is 6.16. The number of pyridine rings is 1. The number of hydrogen-bond donors (Lipinski definition) is 1. The maximum Gasteiger partial charge on any atom is 0.232 e. The molecule has 1 heterocycles. The molecule has 0 radical (unpaired) electrons. The summed E-state index contributed by atoms with van der Waals surface area (Å²) in [5.74, 6) is 0.466. The minimum absolute atomic E-state index is 0.0611. The van der Waals surface area contributed by atoms with Crippen LogP contribution in [0.15, 0.2) is 12.3 Å². The van der Waals surface area contributed by atoms with Crippen LogP contribution in [0.5, 0.6) is 5.88 Å². The van der Waals surface area contributed by atoms with E-state index in [1.807, 2.05) is 19.9 Å². The number of hydrogen-bond acceptors (Lipinski definition) is 4. The fraction of sp³-hybridized carbons (Fsp3) is 0.643. The highest BCUT2D eigenvalue weighted by Crippen LogP contribution is 2.23. The lowest BCUT2D eigenvalue weighted by molar-refractivity contribution is 0.0634. The van der Waals surface area contributed by atoms with Gasteiger partial charge in [0.05, 0.1) is 6.61 Å². The molecule has 0 saturated carbocycles. The van der Waals surface area contributed by atoms with Gasteiger partial charge in [-0.05, 0) is 38.4 Å². The van der Waals surface area contributed by atoms with Gasteiger partial charge in [-0.25, -0.2) is 4.98 Å². The molecule has 4 nitrogen and oxygen atoms in total. The number of rotatable bonds is 9. The molecule has 108 valence electrons. The summed E-state index contributed by atoms with van der Waals surface area (Å²) in [5.41, 5.74) is 1.06. The second-order valence-corrected chi connectivity index (χ2v) is 4.80. The monoisotopic (exact) mass is 286 g/mol. The Hall–Kier alpha value is -0.840. The molecule has 0 amide bonds. The standard InChI is InChI=1S/C14H23ClN2O2/c1-4-6-16-8-12-7-13(15)14(17-9-12)19-11(3)10-18-5-2/h7,9,11,16H,4-6,8,10H2,1-3H3. The molecule has 0 saturated heterocycles. The van der Waals surface area contributed by atoms with Gasteiger partial charge in [0.15, 0.2) is 0 Å². The quantitative estimate of drug-likeness (QED) is 0.709. The predicted molar refractivity (Wildman–Crippen MR) is 77.8 cm³/mol. The molecule has 0 aliphatic carbocycles. The van der Waals surface area contributed by atoms with Crippen molar-refractivity contribution < 1.29 is 9.47 Å². The van der Waals surface area contributed by atoms with Crippen LogP contribution < -0.4 is 10.1 Å². The van der Waals surface area contributed by atoms with E-state index in [0.717, 1.165) is 25.1 Å². The van der Waals surface area contributed by atoms with E-state index in [2.05, 4.69) is 17.2 Å². The van der Waals surface area contributed by atoms with Crippen LogP contribution in [0.2, 0.25) is 5.02 Å². The van der Waals surface area contributed by atoms with Gasteiger partial charge in [-0.3, -0.25) is 0 Å². The van der Waals surface area contributed by atoms with Crippen LogP contribution in [0.25, 0.3) is 0 Å². The lowest BCUT2D eigenvalue weighted by Crippen LogP contribution is -2.20. The summed E-state index contributed by atoms with van der Waals surface area (Å²) in [7, 11) is 0. The molecule has 1 N–H and O–H groups in total. The Labute approximate surface area is 120 Å². The summed E-state index contributed by atoms with van der Waals surface area (Å²) in [6.45, 7) is 9.00. The van der Waals surface area contributed by atoms with E-state index in [1.165, 1.54) is 0 Å². The fourth-order valence-electron chi connectivity index (χ4n) is 1.57. The van der Waals surface area contributed by atoms with E-state index in [-0.39, 0.29) is 6.10 Å². The Kier molecular flexibility index (Phi) is 7.79. The van der Waals surface area contributed by atoms with Crippen molar-refractivity contribution in [3.63, 3.8) is 0 Å². The molecule has 0 aromatic carbocycles. The van der Waals surface area contributed by atoms with Gasteiger partial charge in [0.1, 0.15) is 11.1 Å². The van der Waals surface area contributed by atoms with Crippen molar-refractivity contribution >= 4 is 11.6 Å². The third-order valence-corrected chi connectivity index (χ3v) is 2.76. The number of halogens is 1. The molecular formula is C14H23ClN2O2. The van der Waals surface area contributed by atoms with E-state index < -0.39 is 0 Å². The highest BCUT2D eigenvalue weighted by atomic mass is 35.5. The summed E-state index contributed by atoms with van der Waals surface area (Å²) in [5, 5.41) is 3.85. The minimum Gasteiger partial charge on any atom is -0.471 e. The summed E-state index contributed by atoms with van der Waals surface area (Å²) in [6, 6.07) is 1.89. The Morgan fingerprint density at radius 2 is 2.21 bits per heavy atom. The third kappa shape index (κ3) is 6.23. The van der Waals surface area contributed by atoms with Crippen molar-refractivity contribution in [2.45, 2.75) is 39.8 Å². The van der Waals surface area contributed by atoms with Gasteiger partial charge in [-0.1, -0.05) is 18.5 Å². The second kappa shape index (κ2) is 9.13. The summed E-state index contributed by atoms with van der Waals surface area (Å²) < 4.78 is 10.9. The lowest BCUT2D eigenvalue weighted by Gasteiger charge is -2.15. The second-order valence-electron chi connectivity index (χ2n) is 4.40. The fourth-order valence-corrected chi connectivity index (χ4v) is 1.80. The van der Waals surface area contributed by atoms with Crippen LogP contribution >= 0.6 is 11.6 Å². The minimum atomic E-state index is -0.0611. The van der Waals surface area contributed by atoms with Crippen LogP contribution in [0.1, 0.15) is 32.8 Å². The molecule has 1 unspecified atom stereocenters. The summed E-state index contributed by atoms with van der Waals surface area (Å²) in [6.07, 6.45) is 2.84. The Bertz CT molecular complexity index is 374. The predicted octanol–water partition coefficient (Wildman–Crippen LogP) is 3.04. The van der Waals surface area contributed by atoms with Crippen LogP contribution in [0, 0.1) is 0 Å². The van der Waals surface area contributed by atoms with Gasteiger partial charge in [0, 0.05) is 19.3 Å². The first kappa shape index (κ1) is 16.2. The van der Waals surface area contributed by atoms with Crippen molar-refractivity contribution in [2.75, 3.05) is 19.8 Å². The average molecular weight is 287 g/mol. The van der Waals surface area contributed by atoms with Gasteiger partial charge >= 0.3 is 0 Å². The molecular weight excluding hydrogens is 264 g/mol. The molecule has 1 rings (SSSR count). The topological polar surface area (TPSA) is 43.4 Å². The number of nitrogens with zero attached hydrogens (tertiary/aromatic N) is 1. The van der Waals surface area contributed by atoms with Gasteiger partial charge in [0.2, 0.25) is 5.88 Å². The number of nitrogens with one attached hydrogen (secondary N) is 1. The Morgan fingerprint density at radius 1 is 1.42 bits per heavy atom. The third-order valence-electron chi connectivity index (χ3n) is 2.49. The molecule has 1 atom stereocenters. The molecule has 1 aromatic rings. The molecule has 0 aliphatic heterocycles. The molecule has 0 fully saturated rings. The van der Waals surface area contributed by atoms with Crippen LogP contribution in [-0.2, 0) is 11.3 Å². The van der Waals surface area contributed by atoms with E-state index >= 15 is 0 Å². The van der Waals surface area contributed by atoms with E-state index in [1.54, 1.807) is 6.20 Å². The van der Waals surface area contributed by atoms with Crippen LogP contribution in [0.4, 0.5) is 0 Å². The van der Waals surface area contributed by atoms with Gasteiger partial charge in [-0.2, -0.15) is 0 Å². The lowest BCUT2D eigenvalue weighted by atomic mass is 10.3. The van der Waals surface area contributed by atoms with Crippen molar-refractivity contribution in [1.82, 2.24) is 10.3 Å². The number of aromatic nitrogens is 1. The first-order chi connectivity index (χ1) is 9.17. The largest absolute Gasteiger partial charge is 0.471 e. The van der Waals surface area contributed by atoms with Crippen molar-refractivity contribution in [3.8, 4) is 5.88 Å². The normalized spacial score (nSPS) is 12.4. The van der Waals surface area contributed by atoms with E-state index in [9.17, 15) is 0 Å².